The van der Waals surface area contributed by atoms with E-state index >= 15 is 0 Å². The van der Waals surface area contributed by atoms with E-state index in [4.69, 9.17) is 4.74 Å². The van der Waals surface area contributed by atoms with Crippen molar-refractivity contribution in [2.75, 3.05) is 26.2 Å². The molecule has 4 nitrogen and oxygen atoms in total. The van der Waals surface area contributed by atoms with Crippen LogP contribution >= 0.6 is 12.4 Å². The Morgan fingerprint density at radius 2 is 1.79 bits per heavy atom. The summed E-state index contributed by atoms with van der Waals surface area (Å²) in [6, 6.07) is 9.09. The van der Waals surface area contributed by atoms with Crippen LogP contribution in [0.3, 0.4) is 0 Å². The molecule has 0 aliphatic carbocycles. The fraction of sp³-hybridized carbons (Fsp3) is 0.632. The van der Waals surface area contributed by atoms with Gasteiger partial charge in [-0.15, -0.1) is 12.4 Å². The van der Waals surface area contributed by atoms with Gasteiger partial charge in [0.05, 0.1) is 6.61 Å². The monoisotopic (exact) mass is 357 g/mol. The minimum Gasteiger partial charge on any atom is -0.463 e. The van der Waals surface area contributed by atoms with Crippen molar-refractivity contribution >= 4 is 18.4 Å². The van der Waals surface area contributed by atoms with E-state index in [2.05, 4.69) is 18.7 Å². The number of rotatable bonds is 10. The van der Waals surface area contributed by atoms with Gasteiger partial charge in [-0.2, -0.15) is 0 Å². The van der Waals surface area contributed by atoms with Crippen molar-refractivity contribution in [3.63, 3.8) is 0 Å². The molecule has 1 N–H and O–H groups in total. The Labute approximate surface area is 152 Å². The second kappa shape index (κ2) is 11.5. The molecule has 0 saturated carbocycles. The molecular weight excluding hydrogens is 326 g/mol. The van der Waals surface area contributed by atoms with Crippen molar-refractivity contribution in [2.24, 2.45) is 5.92 Å². The second-order valence-corrected chi connectivity index (χ2v) is 5.96. The molecule has 5 heteroatoms. The SMILES string of the molecule is CCC(C)C(O)(C(=O)OCCCN(CC)CC)c1ccccc1.Cl. The lowest BCUT2D eigenvalue weighted by atomic mass is 9.81. The first-order valence-electron chi connectivity index (χ1n) is 8.68. The van der Waals surface area contributed by atoms with Gasteiger partial charge in [0, 0.05) is 6.54 Å². The molecule has 1 aromatic rings. The van der Waals surface area contributed by atoms with Crippen LogP contribution in [0.4, 0.5) is 0 Å². The first-order valence-corrected chi connectivity index (χ1v) is 8.68. The van der Waals surface area contributed by atoms with Gasteiger partial charge in [-0.25, -0.2) is 4.79 Å². The molecule has 1 rings (SSSR count). The van der Waals surface area contributed by atoms with E-state index in [9.17, 15) is 9.90 Å². The summed E-state index contributed by atoms with van der Waals surface area (Å²) in [5.41, 5.74) is -0.978. The number of nitrogens with zero attached hydrogens (tertiary/aromatic N) is 1. The van der Waals surface area contributed by atoms with E-state index < -0.39 is 11.6 Å². The van der Waals surface area contributed by atoms with E-state index in [1.54, 1.807) is 12.1 Å². The van der Waals surface area contributed by atoms with E-state index in [1.165, 1.54) is 0 Å². The summed E-state index contributed by atoms with van der Waals surface area (Å²) >= 11 is 0. The molecule has 0 radical (unpaired) electrons. The highest BCUT2D eigenvalue weighted by Gasteiger charge is 2.43. The molecule has 0 amide bonds. The van der Waals surface area contributed by atoms with E-state index in [0.29, 0.717) is 18.6 Å². The lowest BCUT2D eigenvalue weighted by Gasteiger charge is -2.32. The van der Waals surface area contributed by atoms with Crippen molar-refractivity contribution in [1.29, 1.82) is 0 Å². The number of carbonyl (C=O) groups is 1. The Kier molecular flexibility index (Phi) is 10.9. The minimum atomic E-state index is -1.58. The summed E-state index contributed by atoms with van der Waals surface area (Å²) < 4.78 is 5.41. The Balaban J connectivity index is 0.00000529. The summed E-state index contributed by atoms with van der Waals surface area (Å²) in [5.74, 6) is -0.752. The summed E-state index contributed by atoms with van der Waals surface area (Å²) in [7, 11) is 0. The number of benzene rings is 1. The molecule has 0 bridgehead atoms. The van der Waals surface area contributed by atoms with Gasteiger partial charge in [-0.1, -0.05) is 58.0 Å². The van der Waals surface area contributed by atoms with Gasteiger partial charge in [0.1, 0.15) is 0 Å². The van der Waals surface area contributed by atoms with E-state index in [-0.39, 0.29) is 18.3 Å². The van der Waals surface area contributed by atoms with Crippen LogP contribution in [0, 0.1) is 5.92 Å². The third-order valence-corrected chi connectivity index (χ3v) is 4.60. The zero-order valence-electron chi connectivity index (χ0n) is 15.3. The van der Waals surface area contributed by atoms with Gasteiger partial charge in [-0.05, 0) is 37.4 Å². The normalized spacial score (nSPS) is 14.6. The first kappa shape index (κ1) is 22.9. The molecule has 2 unspecified atom stereocenters. The number of aliphatic hydroxyl groups is 1. The van der Waals surface area contributed by atoms with Crippen molar-refractivity contribution in [3.05, 3.63) is 35.9 Å². The van der Waals surface area contributed by atoms with Gasteiger partial charge in [0.15, 0.2) is 5.60 Å². The number of esters is 1. The van der Waals surface area contributed by atoms with Gasteiger partial charge >= 0.3 is 5.97 Å². The highest BCUT2D eigenvalue weighted by atomic mass is 35.5. The maximum atomic E-state index is 12.6. The molecule has 0 spiro atoms. The highest BCUT2D eigenvalue weighted by molar-refractivity contribution is 5.85. The summed E-state index contributed by atoms with van der Waals surface area (Å²) in [4.78, 5) is 14.8. The molecule has 2 atom stereocenters. The zero-order chi connectivity index (χ0) is 17.3. The highest BCUT2D eigenvalue weighted by Crippen LogP contribution is 2.33. The van der Waals surface area contributed by atoms with E-state index in [0.717, 1.165) is 26.1 Å². The summed E-state index contributed by atoms with van der Waals surface area (Å²) in [6.07, 6.45) is 1.47. The molecule has 1 aromatic carbocycles. The van der Waals surface area contributed by atoms with Crippen LogP contribution in [0.1, 0.15) is 46.1 Å². The maximum absolute atomic E-state index is 12.6. The molecule has 0 aromatic heterocycles. The molecule has 0 saturated heterocycles. The minimum absolute atomic E-state index is 0. The van der Waals surface area contributed by atoms with Crippen molar-refractivity contribution in [3.8, 4) is 0 Å². The van der Waals surface area contributed by atoms with Crippen LogP contribution in [0.25, 0.3) is 0 Å². The predicted molar refractivity (Wildman–Crippen MR) is 100 cm³/mol. The third-order valence-electron chi connectivity index (χ3n) is 4.60. The number of hydrogen-bond donors (Lipinski definition) is 1. The largest absolute Gasteiger partial charge is 0.463 e. The molecule has 138 valence electrons. The van der Waals surface area contributed by atoms with Crippen molar-refractivity contribution < 1.29 is 14.6 Å². The Morgan fingerprint density at radius 1 is 1.21 bits per heavy atom. The smallest absolute Gasteiger partial charge is 0.343 e. The summed E-state index contributed by atoms with van der Waals surface area (Å²) in [5, 5.41) is 11.0. The third kappa shape index (κ3) is 5.76. The number of carbonyl (C=O) groups excluding carboxylic acids is 1. The van der Waals surface area contributed by atoms with Crippen LogP contribution in [0.5, 0.6) is 0 Å². The molecule has 0 aliphatic heterocycles. The molecular formula is C19H32ClNO3. The summed E-state index contributed by atoms with van der Waals surface area (Å²) in [6.45, 7) is 11.3. The lowest BCUT2D eigenvalue weighted by molar-refractivity contribution is -0.173. The predicted octanol–water partition coefficient (Wildman–Crippen LogP) is 3.62. The van der Waals surface area contributed by atoms with Crippen molar-refractivity contribution in [2.45, 2.75) is 46.1 Å². The molecule has 0 heterocycles. The van der Waals surface area contributed by atoms with Crippen LogP contribution in [0.2, 0.25) is 0 Å². The second-order valence-electron chi connectivity index (χ2n) is 5.96. The number of hydrogen-bond acceptors (Lipinski definition) is 4. The first-order chi connectivity index (χ1) is 11.0. The fourth-order valence-corrected chi connectivity index (χ4v) is 2.69. The zero-order valence-corrected chi connectivity index (χ0v) is 16.1. The van der Waals surface area contributed by atoms with Gasteiger partial charge in [0.25, 0.3) is 0 Å². The number of halogens is 1. The van der Waals surface area contributed by atoms with Gasteiger partial charge in [0.2, 0.25) is 0 Å². The van der Waals surface area contributed by atoms with Crippen LogP contribution in [-0.4, -0.2) is 42.2 Å². The van der Waals surface area contributed by atoms with Crippen LogP contribution < -0.4 is 0 Å². The average Bonchev–Trinajstić information content (AvgIpc) is 2.60. The lowest BCUT2D eigenvalue weighted by Crippen LogP contribution is -2.43. The topological polar surface area (TPSA) is 49.8 Å². The molecule has 0 fully saturated rings. The quantitative estimate of drug-likeness (QED) is 0.513. The van der Waals surface area contributed by atoms with Crippen molar-refractivity contribution in [1.82, 2.24) is 4.90 Å². The van der Waals surface area contributed by atoms with E-state index in [1.807, 2.05) is 32.0 Å². The van der Waals surface area contributed by atoms with Gasteiger partial charge in [-0.3, -0.25) is 0 Å². The van der Waals surface area contributed by atoms with Crippen LogP contribution in [-0.2, 0) is 15.1 Å². The standard InChI is InChI=1S/C19H31NO3.ClH/c1-5-16(4)19(22,17-12-9-8-10-13-17)18(21)23-15-11-14-20(6-2)7-3;/h8-10,12-13,16,22H,5-7,11,14-15H2,1-4H3;1H. The van der Waals surface area contributed by atoms with Gasteiger partial charge < -0.3 is 14.7 Å². The molecule has 24 heavy (non-hydrogen) atoms. The Morgan fingerprint density at radius 3 is 2.29 bits per heavy atom. The molecule has 0 aliphatic rings. The fourth-order valence-electron chi connectivity index (χ4n) is 2.69. The number of ether oxygens (including phenoxy) is 1. The average molecular weight is 358 g/mol. The Bertz CT molecular complexity index is 465. The maximum Gasteiger partial charge on any atom is 0.343 e. The Hall–Kier alpha value is -1.10. The van der Waals surface area contributed by atoms with Crippen LogP contribution in [0.15, 0.2) is 30.3 Å².